The topological polar surface area (TPSA) is 63.4 Å². The quantitative estimate of drug-likeness (QED) is 0.745. The van der Waals surface area contributed by atoms with Crippen LogP contribution in [0.5, 0.6) is 0 Å². The maximum absolute atomic E-state index is 11.7. The van der Waals surface area contributed by atoms with Gasteiger partial charge in [0.2, 0.25) is 10.0 Å². The Kier molecular flexibility index (Phi) is 3.92. The zero-order valence-corrected chi connectivity index (χ0v) is 9.76. The number of hydrogen-bond donors (Lipinski definition) is 1. The third-order valence-corrected chi connectivity index (χ3v) is 4.80. The van der Waals surface area contributed by atoms with Crippen molar-refractivity contribution in [2.24, 2.45) is 11.7 Å². The molecule has 0 amide bonds. The maximum Gasteiger partial charge on any atom is 0.214 e. The average Bonchev–Trinajstić information content (AvgIpc) is 2.35. The summed E-state index contributed by atoms with van der Waals surface area (Å²) in [6, 6.07) is 0.00921. The number of hydrogen-bond acceptors (Lipinski definition) is 3. The fourth-order valence-electron chi connectivity index (χ4n) is 2.02. The van der Waals surface area contributed by atoms with E-state index in [1.54, 1.807) is 4.31 Å². The van der Waals surface area contributed by atoms with Crippen LogP contribution in [0.4, 0.5) is 0 Å². The highest BCUT2D eigenvalue weighted by Gasteiger charge is 2.37. The first-order valence-electron chi connectivity index (χ1n) is 5.20. The van der Waals surface area contributed by atoms with E-state index in [0.29, 0.717) is 13.1 Å². The predicted molar refractivity (Wildman–Crippen MR) is 57.4 cm³/mol. The molecule has 0 bridgehead atoms. The van der Waals surface area contributed by atoms with Gasteiger partial charge in [-0.05, 0) is 12.3 Å². The van der Waals surface area contributed by atoms with Gasteiger partial charge in [-0.25, -0.2) is 8.42 Å². The number of nitrogens with zero attached hydrogens (tertiary/aromatic N) is 1. The standard InChI is InChI=1S/C9H20N2O2S/c1-3-4-9(5-10)11-6-8(2)7-14(11,12)13/h8-9H,3-7,10H2,1-2H3. The van der Waals surface area contributed by atoms with E-state index in [-0.39, 0.29) is 17.7 Å². The third-order valence-electron chi connectivity index (χ3n) is 2.65. The summed E-state index contributed by atoms with van der Waals surface area (Å²) in [7, 11) is -3.02. The van der Waals surface area contributed by atoms with Gasteiger partial charge in [-0.15, -0.1) is 0 Å². The molecule has 1 saturated heterocycles. The maximum atomic E-state index is 11.7. The zero-order valence-electron chi connectivity index (χ0n) is 8.94. The summed E-state index contributed by atoms with van der Waals surface area (Å²) in [5.41, 5.74) is 5.60. The molecule has 4 nitrogen and oxygen atoms in total. The van der Waals surface area contributed by atoms with Crippen molar-refractivity contribution in [3.8, 4) is 0 Å². The van der Waals surface area contributed by atoms with Crippen LogP contribution in [-0.4, -0.2) is 37.6 Å². The van der Waals surface area contributed by atoms with Crippen molar-refractivity contribution in [3.63, 3.8) is 0 Å². The van der Waals surface area contributed by atoms with Crippen molar-refractivity contribution in [2.75, 3.05) is 18.8 Å². The smallest absolute Gasteiger partial charge is 0.214 e. The van der Waals surface area contributed by atoms with Gasteiger partial charge < -0.3 is 5.73 Å². The van der Waals surface area contributed by atoms with Gasteiger partial charge >= 0.3 is 0 Å². The Morgan fingerprint density at radius 3 is 2.57 bits per heavy atom. The largest absolute Gasteiger partial charge is 0.329 e. The second-order valence-corrected chi connectivity index (χ2v) is 6.10. The predicted octanol–water partition coefficient (Wildman–Crippen LogP) is 0.395. The molecule has 1 fully saturated rings. The van der Waals surface area contributed by atoms with Crippen molar-refractivity contribution in [2.45, 2.75) is 32.7 Å². The van der Waals surface area contributed by atoms with Gasteiger partial charge in [0.25, 0.3) is 0 Å². The second kappa shape index (κ2) is 4.59. The average molecular weight is 220 g/mol. The van der Waals surface area contributed by atoms with Crippen molar-refractivity contribution < 1.29 is 8.42 Å². The molecule has 1 heterocycles. The lowest BCUT2D eigenvalue weighted by molar-refractivity contribution is 0.309. The van der Waals surface area contributed by atoms with Crippen LogP contribution in [0.2, 0.25) is 0 Å². The first-order chi connectivity index (χ1) is 6.51. The van der Waals surface area contributed by atoms with E-state index in [9.17, 15) is 8.42 Å². The molecule has 84 valence electrons. The van der Waals surface area contributed by atoms with Gasteiger partial charge in [0.05, 0.1) is 5.75 Å². The van der Waals surface area contributed by atoms with E-state index in [1.807, 2.05) is 6.92 Å². The lowest BCUT2D eigenvalue weighted by Crippen LogP contribution is -2.41. The van der Waals surface area contributed by atoms with Gasteiger partial charge in [0.15, 0.2) is 0 Å². The van der Waals surface area contributed by atoms with E-state index in [2.05, 4.69) is 6.92 Å². The molecule has 0 spiro atoms. The van der Waals surface area contributed by atoms with Crippen LogP contribution in [0.1, 0.15) is 26.7 Å². The lowest BCUT2D eigenvalue weighted by atomic mass is 10.1. The highest BCUT2D eigenvalue weighted by atomic mass is 32.2. The van der Waals surface area contributed by atoms with Gasteiger partial charge in [-0.1, -0.05) is 20.3 Å². The zero-order chi connectivity index (χ0) is 10.8. The molecule has 0 saturated carbocycles. The summed E-state index contributed by atoms with van der Waals surface area (Å²) < 4.78 is 25.0. The summed E-state index contributed by atoms with van der Waals surface area (Å²) in [5.74, 6) is 0.527. The van der Waals surface area contributed by atoms with E-state index in [4.69, 9.17) is 5.73 Å². The van der Waals surface area contributed by atoms with Crippen molar-refractivity contribution >= 4 is 10.0 Å². The first kappa shape index (κ1) is 11.9. The number of nitrogens with two attached hydrogens (primary N) is 1. The highest BCUT2D eigenvalue weighted by Crippen LogP contribution is 2.23. The molecular formula is C9H20N2O2S. The van der Waals surface area contributed by atoms with Crippen molar-refractivity contribution in [3.05, 3.63) is 0 Å². The van der Waals surface area contributed by atoms with Crippen LogP contribution in [0.15, 0.2) is 0 Å². The van der Waals surface area contributed by atoms with Crippen LogP contribution < -0.4 is 5.73 Å². The molecule has 0 aromatic carbocycles. The molecule has 1 aliphatic rings. The molecule has 1 rings (SSSR count). The molecule has 14 heavy (non-hydrogen) atoms. The molecule has 0 aliphatic carbocycles. The minimum absolute atomic E-state index is 0.00921. The number of sulfonamides is 1. The Hall–Kier alpha value is -0.130. The first-order valence-corrected chi connectivity index (χ1v) is 6.81. The Balaban J connectivity index is 2.75. The van der Waals surface area contributed by atoms with Crippen LogP contribution in [0.3, 0.4) is 0 Å². The highest BCUT2D eigenvalue weighted by molar-refractivity contribution is 7.89. The minimum Gasteiger partial charge on any atom is -0.329 e. The third kappa shape index (κ3) is 2.46. The lowest BCUT2D eigenvalue weighted by Gasteiger charge is -2.24. The molecule has 1 aliphatic heterocycles. The molecule has 0 radical (unpaired) electrons. The summed E-state index contributed by atoms with van der Waals surface area (Å²) in [6.45, 7) is 5.09. The summed E-state index contributed by atoms with van der Waals surface area (Å²) >= 11 is 0. The van der Waals surface area contributed by atoms with Gasteiger partial charge in [0, 0.05) is 19.1 Å². The van der Waals surface area contributed by atoms with Crippen LogP contribution in [-0.2, 0) is 10.0 Å². The second-order valence-electron chi connectivity index (χ2n) is 4.13. The molecule has 2 atom stereocenters. The summed E-state index contributed by atoms with van der Waals surface area (Å²) in [4.78, 5) is 0. The van der Waals surface area contributed by atoms with Crippen LogP contribution in [0.25, 0.3) is 0 Å². The molecular weight excluding hydrogens is 200 g/mol. The normalized spacial score (nSPS) is 29.2. The van der Waals surface area contributed by atoms with E-state index >= 15 is 0 Å². The fourth-order valence-corrected chi connectivity index (χ4v) is 4.16. The van der Waals surface area contributed by atoms with Crippen LogP contribution >= 0.6 is 0 Å². The molecule has 0 aromatic rings. The van der Waals surface area contributed by atoms with Crippen molar-refractivity contribution in [1.29, 1.82) is 0 Å². The monoisotopic (exact) mass is 220 g/mol. The molecule has 0 aromatic heterocycles. The SMILES string of the molecule is CCCC(CN)N1CC(C)CS1(=O)=O. The Labute approximate surface area is 86.5 Å². The number of rotatable bonds is 4. The van der Waals surface area contributed by atoms with E-state index in [0.717, 1.165) is 12.8 Å². The molecule has 5 heteroatoms. The van der Waals surface area contributed by atoms with Crippen LogP contribution in [0, 0.1) is 5.92 Å². The molecule has 2 N–H and O–H groups in total. The Morgan fingerprint density at radius 1 is 1.57 bits per heavy atom. The van der Waals surface area contributed by atoms with Gasteiger partial charge in [-0.3, -0.25) is 0 Å². The van der Waals surface area contributed by atoms with Gasteiger partial charge in [0.1, 0.15) is 0 Å². The summed E-state index contributed by atoms with van der Waals surface area (Å²) in [6.07, 6.45) is 1.84. The summed E-state index contributed by atoms with van der Waals surface area (Å²) in [5, 5.41) is 0. The fraction of sp³-hybridized carbons (Fsp3) is 1.00. The van der Waals surface area contributed by atoms with E-state index in [1.165, 1.54) is 0 Å². The Bertz CT molecular complexity index is 277. The molecule has 2 unspecified atom stereocenters. The van der Waals surface area contributed by atoms with E-state index < -0.39 is 10.0 Å². The van der Waals surface area contributed by atoms with Crippen molar-refractivity contribution in [1.82, 2.24) is 4.31 Å². The minimum atomic E-state index is -3.02. The van der Waals surface area contributed by atoms with Gasteiger partial charge in [-0.2, -0.15) is 4.31 Å². The Morgan fingerprint density at radius 2 is 2.21 bits per heavy atom.